The van der Waals surface area contributed by atoms with Gasteiger partial charge in [-0.1, -0.05) is 20.8 Å². The summed E-state index contributed by atoms with van der Waals surface area (Å²) in [4.78, 5) is 5.64. The zero-order valence-corrected chi connectivity index (χ0v) is 10.4. The van der Waals surface area contributed by atoms with Gasteiger partial charge in [0, 0.05) is 17.7 Å². The van der Waals surface area contributed by atoms with Crippen molar-refractivity contribution >= 4 is 11.3 Å². The quantitative estimate of drug-likeness (QED) is 0.765. The fraction of sp³-hybridized carbons (Fsp3) is 0.727. The van der Waals surface area contributed by atoms with E-state index in [0.717, 1.165) is 11.6 Å². The Balaban J connectivity index is 2.88. The summed E-state index contributed by atoms with van der Waals surface area (Å²) in [6.45, 7) is 11.4. The molecule has 0 N–H and O–H groups in total. The average molecular weight is 213 g/mol. The van der Waals surface area contributed by atoms with Gasteiger partial charge in [0.15, 0.2) is 0 Å². The molecule has 0 radical (unpaired) electrons. The fourth-order valence-corrected chi connectivity index (χ4v) is 2.42. The second-order valence-corrected chi connectivity index (χ2v) is 5.78. The number of hydrogen-bond acceptors (Lipinski definition) is 3. The van der Waals surface area contributed by atoms with E-state index in [4.69, 9.17) is 4.74 Å². The highest BCUT2D eigenvalue weighted by Crippen LogP contribution is 2.37. The molecule has 0 amide bonds. The minimum absolute atomic E-state index is 0.111. The molecule has 1 aromatic heterocycles. The van der Waals surface area contributed by atoms with E-state index in [9.17, 15) is 0 Å². The molecule has 2 nitrogen and oxygen atoms in total. The lowest BCUT2D eigenvalue weighted by Gasteiger charge is -2.28. The largest absolute Gasteiger partial charge is 0.371 e. The molecule has 0 bridgehead atoms. The van der Waals surface area contributed by atoms with Gasteiger partial charge in [-0.3, -0.25) is 0 Å². The van der Waals surface area contributed by atoms with E-state index in [1.165, 1.54) is 4.88 Å². The van der Waals surface area contributed by atoms with Gasteiger partial charge in [0.05, 0.1) is 0 Å². The third-order valence-electron chi connectivity index (χ3n) is 1.98. The molecular formula is C11H19NOS. The van der Waals surface area contributed by atoms with Crippen molar-refractivity contribution in [2.75, 3.05) is 6.61 Å². The molecule has 0 saturated heterocycles. The van der Waals surface area contributed by atoms with Crippen molar-refractivity contribution < 1.29 is 4.74 Å². The van der Waals surface area contributed by atoms with Gasteiger partial charge < -0.3 is 4.74 Å². The Bertz CT molecular complexity index is 288. The Hall–Kier alpha value is -0.410. The SMILES string of the molecule is CCOC(c1ncc(C)s1)C(C)(C)C. The Labute approximate surface area is 90.3 Å². The number of ether oxygens (including phenoxy) is 1. The maximum absolute atomic E-state index is 5.75. The highest BCUT2D eigenvalue weighted by atomic mass is 32.1. The summed E-state index contributed by atoms with van der Waals surface area (Å²) < 4.78 is 5.75. The topological polar surface area (TPSA) is 22.1 Å². The molecule has 0 fully saturated rings. The third-order valence-corrected chi connectivity index (χ3v) is 2.94. The Morgan fingerprint density at radius 3 is 2.50 bits per heavy atom. The van der Waals surface area contributed by atoms with Crippen molar-refractivity contribution in [2.24, 2.45) is 5.41 Å². The Kier molecular flexibility index (Phi) is 3.67. The average Bonchev–Trinajstić information content (AvgIpc) is 2.45. The van der Waals surface area contributed by atoms with E-state index in [-0.39, 0.29) is 11.5 Å². The minimum Gasteiger partial charge on any atom is -0.371 e. The van der Waals surface area contributed by atoms with Gasteiger partial charge in [-0.25, -0.2) is 4.98 Å². The number of aromatic nitrogens is 1. The normalized spacial score (nSPS) is 14.4. The first-order valence-corrected chi connectivity index (χ1v) is 5.80. The van der Waals surface area contributed by atoms with E-state index in [0.29, 0.717) is 0 Å². The first-order valence-electron chi connectivity index (χ1n) is 4.99. The summed E-state index contributed by atoms with van der Waals surface area (Å²) in [6.07, 6.45) is 2.03. The van der Waals surface area contributed by atoms with Gasteiger partial charge in [0.1, 0.15) is 11.1 Å². The molecule has 1 rings (SSSR count). The van der Waals surface area contributed by atoms with Gasteiger partial charge in [-0.2, -0.15) is 0 Å². The maximum Gasteiger partial charge on any atom is 0.122 e. The van der Waals surface area contributed by atoms with Crippen molar-refractivity contribution in [3.63, 3.8) is 0 Å². The third kappa shape index (κ3) is 2.79. The monoisotopic (exact) mass is 213 g/mol. The van der Waals surface area contributed by atoms with Gasteiger partial charge in [0.25, 0.3) is 0 Å². The van der Waals surface area contributed by atoms with E-state index in [1.54, 1.807) is 11.3 Å². The van der Waals surface area contributed by atoms with E-state index in [1.807, 2.05) is 13.1 Å². The van der Waals surface area contributed by atoms with Crippen LogP contribution in [0.1, 0.15) is 43.7 Å². The van der Waals surface area contributed by atoms with Crippen LogP contribution < -0.4 is 0 Å². The first-order chi connectivity index (χ1) is 6.45. The van der Waals surface area contributed by atoms with Crippen LogP contribution in [0.2, 0.25) is 0 Å². The number of aryl methyl sites for hydroxylation is 1. The van der Waals surface area contributed by atoms with Gasteiger partial charge >= 0.3 is 0 Å². The molecule has 1 aromatic rings. The molecule has 0 aliphatic carbocycles. The second-order valence-electron chi connectivity index (χ2n) is 4.51. The lowest BCUT2D eigenvalue weighted by atomic mass is 9.89. The van der Waals surface area contributed by atoms with E-state index in [2.05, 4.69) is 32.7 Å². The summed E-state index contributed by atoms with van der Waals surface area (Å²) in [6, 6.07) is 0. The molecule has 0 aromatic carbocycles. The maximum atomic E-state index is 5.75. The predicted molar refractivity (Wildman–Crippen MR) is 60.7 cm³/mol. The number of hydrogen-bond donors (Lipinski definition) is 0. The van der Waals surface area contributed by atoms with Gasteiger partial charge in [0.2, 0.25) is 0 Å². The highest BCUT2D eigenvalue weighted by Gasteiger charge is 2.29. The summed E-state index contributed by atoms with van der Waals surface area (Å²) in [5.41, 5.74) is 0.111. The molecule has 3 heteroatoms. The van der Waals surface area contributed by atoms with Crippen molar-refractivity contribution in [3.8, 4) is 0 Å². The van der Waals surface area contributed by atoms with Crippen LogP contribution >= 0.6 is 11.3 Å². The second kappa shape index (κ2) is 4.41. The van der Waals surface area contributed by atoms with E-state index < -0.39 is 0 Å². The van der Waals surface area contributed by atoms with Crippen molar-refractivity contribution in [1.82, 2.24) is 4.98 Å². The predicted octanol–water partition coefficient (Wildman–Crippen LogP) is 3.58. The molecule has 1 unspecified atom stereocenters. The Morgan fingerprint density at radius 2 is 2.14 bits per heavy atom. The molecule has 80 valence electrons. The standard InChI is InChI=1S/C11H19NOS/c1-6-13-9(11(3,4)5)10-12-7-8(2)14-10/h7,9H,6H2,1-5H3. The van der Waals surface area contributed by atoms with E-state index >= 15 is 0 Å². The lowest BCUT2D eigenvalue weighted by molar-refractivity contribution is -0.0133. The number of nitrogens with zero attached hydrogens (tertiary/aromatic N) is 1. The first kappa shape index (κ1) is 11.7. The van der Waals surface area contributed by atoms with Crippen molar-refractivity contribution in [3.05, 3.63) is 16.1 Å². The molecule has 0 aliphatic heterocycles. The van der Waals surface area contributed by atoms with Crippen LogP contribution in [-0.2, 0) is 4.74 Å². The molecule has 0 spiro atoms. The molecule has 0 saturated carbocycles. The van der Waals surface area contributed by atoms with Crippen LogP contribution in [-0.4, -0.2) is 11.6 Å². The molecule has 1 atom stereocenters. The summed E-state index contributed by atoms with van der Waals surface area (Å²) in [5.74, 6) is 0. The number of rotatable bonds is 3. The summed E-state index contributed by atoms with van der Waals surface area (Å²) in [7, 11) is 0. The smallest absolute Gasteiger partial charge is 0.122 e. The van der Waals surface area contributed by atoms with Crippen molar-refractivity contribution in [1.29, 1.82) is 0 Å². The summed E-state index contributed by atoms with van der Waals surface area (Å²) >= 11 is 1.73. The highest BCUT2D eigenvalue weighted by molar-refractivity contribution is 7.11. The lowest BCUT2D eigenvalue weighted by Crippen LogP contribution is -2.21. The molecule has 1 heterocycles. The minimum atomic E-state index is 0.111. The zero-order chi connectivity index (χ0) is 10.8. The van der Waals surface area contributed by atoms with Gasteiger partial charge in [-0.15, -0.1) is 11.3 Å². The molecule has 0 aliphatic rings. The zero-order valence-electron chi connectivity index (χ0n) is 9.63. The van der Waals surface area contributed by atoms with Gasteiger partial charge in [-0.05, 0) is 19.3 Å². The van der Waals surface area contributed by atoms with Crippen molar-refractivity contribution in [2.45, 2.75) is 40.7 Å². The van der Waals surface area contributed by atoms with Crippen LogP contribution in [0.4, 0.5) is 0 Å². The van der Waals surface area contributed by atoms with Crippen LogP contribution in [0.3, 0.4) is 0 Å². The number of thiazole rings is 1. The van der Waals surface area contributed by atoms with Crippen LogP contribution in [0.25, 0.3) is 0 Å². The summed E-state index contributed by atoms with van der Waals surface area (Å²) in [5, 5.41) is 1.09. The fourth-order valence-electron chi connectivity index (χ4n) is 1.35. The van der Waals surface area contributed by atoms with Crippen LogP contribution in [0.5, 0.6) is 0 Å². The van der Waals surface area contributed by atoms with Crippen LogP contribution in [0.15, 0.2) is 6.20 Å². The molecule has 14 heavy (non-hydrogen) atoms. The Morgan fingerprint density at radius 1 is 1.50 bits per heavy atom. The molecular weight excluding hydrogens is 194 g/mol. The van der Waals surface area contributed by atoms with Crippen LogP contribution in [0, 0.1) is 12.3 Å².